The van der Waals surface area contributed by atoms with E-state index < -0.39 is 0 Å². The summed E-state index contributed by atoms with van der Waals surface area (Å²) in [4.78, 5) is 11.5. The molecular weight excluding hydrogens is 180 g/mol. The summed E-state index contributed by atoms with van der Waals surface area (Å²) in [6, 6.07) is 0. The molecule has 2 atom stereocenters. The number of hydrogen-bond acceptors (Lipinski definition) is 3. The van der Waals surface area contributed by atoms with Gasteiger partial charge in [0.2, 0.25) is 5.91 Å². The highest BCUT2D eigenvalue weighted by Crippen LogP contribution is 2.33. The van der Waals surface area contributed by atoms with Crippen LogP contribution >= 0.6 is 0 Å². The summed E-state index contributed by atoms with van der Waals surface area (Å²) in [5, 5.41) is 0. The SMILES string of the molecule is CC(C)(C)C1OCCCC1C(=O)NN. The van der Waals surface area contributed by atoms with Crippen molar-refractivity contribution in [3.05, 3.63) is 0 Å². The lowest BCUT2D eigenvalue weighted by molar-refractivity contribution is -0.142. The van der Waals surface area contributed by atoms with Crippen molar-refractivity contribution in [3.8, 4) is 0 Å². The number of hydrazine groups is 1. The summed E-state index contributed by atoms with van der Waals surface area (Å²) in [6.45, 7) is 7.00. The fourth-order valence-corrected chi connectivity index (χ4v) is 2.01. The third-order valence-corrected chi connectivity index (χ3v) is 2.65. The molecule has 0 spiro atoms. The maximum atomic E-state index is 11.5. The molecule has 82 valence electrons. The number of nitrogens with two attached hydrogens (primary N) is 1. The zero-order chi connectivity index (χ0) is 10.8. The van der Waals surface area contributed by atoms with Crippen LogP contribution in [-0.2, 0) is 9.53 Å². The molecule has 4 nitrogen and oxygen atoms in total. The predicted octanol–water partition coefficient (Wildman–Crippen LogP) is 0.818. The summed E-state index contributed by atoms with van der Waals surface area (Å²) >= 11 is 0. The molecule has 1 rings (SSSR count). The van der Waals surface area contributed by atoms with Crippen molar-refractivity contribution in [3.63, 3.8) is 0 Å². The van der Waals surface area contributed by atoms with E-state index in [-0.39, 0.29) is 23.3 Å². The molecule has 2 unspecified atom stereocenters. The second-order valence-corrected chi connectivity index (χ2v) is 4.91. The van der Waals surface area contributed by atoms with Crippen LogP contribution in [0.1, 0.15) is 33.6 Å². The van der Waals surface area contributed by atoms with Crippen LogP contribution in [0.15, 0.2) is 0 Å². The highest BCUT2D eigenvalue weighted by Gasteiger charge is 2.39. The average Bonchev–Trinajstić information content (AvgIpc) is 2.15. The Morgan fingerprint density at radius 3 is 2.64 bits per heavy atom. The topological polar surface area (TPSA) is 64.3 Å². The van der Waals surface area contributed by atoms with E-state index >= 15 is 0 Å². The van der Waals surface area contributed by atoms with Crippen LogP contribution in [0, 0.1) is 11.3 Å². The summed E-state index contributed by atoms with van der Waals surface area (Å²) in [6.07, 6.45) is 1.77. The lowest BCUT2D eigenvalue weighted by Gasteiger charge is -2.39. The van der Waals surface area contributed by atoms with Crippen molar-refractivity contribution >= 4 is 5.91 Å². The largest absolute Gasteiger partial charge is 0.377 e. The van der Waals surface area contributed by atoms with Crippen molar-refractivity contribution < 1.29 is 9.53 Å². The number of hydrogen-bond donors (Lipinski definition) is 2. The first-order valence-electron chi connectivity index (χ1n) is 5.09. The number of ether oxygens (including phenoxy) is 1. The molecule has 1 heterocycles. The maximum Gasteiger partial charge on any atom is 0.239 e. The fourth-order valence-electron chi connectivity index (χ4n) is 2.01. The molecule has 0 saturated carbocycles. The highest BCUT2D eigenvalue weighted by molar-refractivity contribution is 5.78. The van der Waals surface area contributed by atoms with Crippen molar-refractivity contribution in [1.82, 2.24) is 5.43 Å². The van der Waals surface area contributed by atoms with E-state index in [0.29, 0.717) is 0 Å². The zero-order valence-corrected chi connectivity index (χ0v) is 9.17. The van der Waals surface area contributed by atoms with Gasteiger partial charge >= 0.3 is 0 Å². The molecule has 1 saturated heterocycles. The van der Waals surface area contributed by atoms with Crippen LogP contribution < -0.4 is 11.3 Å². The smallest absolute Gasteiger partial charge is 0.239 e. The van der Waals surface area contributed by atoms with Crippen LogP contribution in [0.25, 0.3) is 0 Å². The Morgan fingerprint density at radius 1 is 1.50 bits per heavy atom. The van der Waals surface area contributed by atoms with Crippen molar-refractivity contribution in [2.24, 2.45) is 17.2 Å². The minimum atomic E-state index is -0.107. The fraction of sp³-hybridized carbons (Fsp3) is 0.900. The van der Waals surface area contributed by atoms with E-state index in [1.54, 1.807) is 0 Å². The summed E-state index contributed by atoms with van der Waals surface area (Å²) < 4.78 is 5.66. The molecule has 0 bridgehead atoms. The lowest BCUT2D eigenvalue weighted by Crippen LogP contribution is -2.48. The van der Waals surface area contributed by atoms with Gasteiger partial charge in [0, 0.05) is 6.61 Å². The quantitative estimate of drug-likeness (QED) is 0.374. The van der Waals surface area contributed by atoms with Gasteiger partial charge in [-0.05, 0) is 18.3 Å². The number of nitrogens with one attached hydrogen (secondary N) is 1. The maximum absolute atomic E-state index is 11.5. The van der Waals surface area contributed by atoms with Gasteiger partial charge in [-0.3, -0.25) is 10.2 Å². The molecule has 14 heavy (non-hydrogen) atoms. The van der Waals surface area contributed by atoms with E-state index in [1.807, 2.05) is 0 Å². The molecule has 3 N–H and O–H groups in total. The van der Waals surface area contributed by atoms with Crippen LogP contribution in [0.5, 0.6) is 0 Å². The Bertz CT molecular complexity index is 211. The molecule has 1 amide bonds. The van der Waals surface area contributed by atoms with E-state index in [0.717, 1.165) is 19.4 Å². The lowest BCUT2D eigenvalue weighted by atomic mass is 9.77. The molecular formula is C10H20N2O2. The zero-order valence-electron chi connectivity index (χ0n) is 9.17. The van der Waals surface area contributed by atoms with Gasteiger partial charge in [-0.2, -0.15) is 0 Å². The molecule has 0 aliphatic carbocycles. The second kappa shape index (κ2) is 4.28. The molecule has 1 fully saturated rings. The highest BCUT2D eigenvalue weighted by atomic mass is 16.5. The number of rotatable bonds is 1. The van der Waals surface area contributed by atoms with Crippen molar-refractivity contribution in [1.29, 1.82) is 0 Å². The predicted molar refractivity (Wildman–Crippen MR) is 54.2 cm³/mol. The van der Waals surface area contributed by atoms with E-state index in [9.17, 15) is 4.79 Å². The normalized spacial score (nSPS) is 28.6. The summed E-state index contributed by atoms with van der Waals surface area (Å²) in [5.41, 5.74) is 2.20. The Morgan fingerprint density at radius 2 is 2.14 bits per heavy atom. The monoisotopic (exact) mass is 200 g/mol. The van der Waals surface area contributed by atoms with Gasteiger partial charge in [-0.1, -0.05) is 20.8 Å². The Kier molecular flexibility index (Phi) is 3.50. The van der Waals surface area contributed by atoms with Crippen LogP contribution in [0.2, 0.25) is 0 Å². The first-order valence-corrected chi connectivity index (χ1v) is 5.09. The number of amides is 1. The molecule has 0 aromatic carbocycles. The Labute approximate surface area is 85.2 Å². The van der Waals surface area contributed by atoms with Crippen LogP contribution in [0.4, 0.5) is 0 Å². The third kappa shape index (κ3) is 2.45. The van der Waals surface area contributed by atoms with Crippen LogP contribution in [0.3, 0.4) is 0 Å². The Balaban J connectivity index is 2.74. The van der Waals surface area contributed by atoms with Gasteiger partial charge < -0.3 is 4.74 Å². The number of carbonyl (C=O) groups is 1. The van der Waals surface area contributed by atoms with Gasteiger partial charge in [-0.15, -0.1) is 0 Å². The minimum absolute atomic E-state index is 0.0163. The third-order valence-electron chi connectivity index (χ3n) is 2.65. The van der Waals surface area contributed by atoms with E-state index in [2.05, 4.69) is 26.2 Å². The first kappa shape index (κ1) is 11.5. The van der Waals surface area contributed by atoms with E-state index in [4.69, 9.17) is 10.6 Å². The van der Waals surface area contributed by atoms with Crippen molar-refractivity contribution in [2.75, 3.05) is 6.61 Å². The molecule has 1 aliphatic rings. The Hall–Kier alpha value is -0.610. The molecule has 0 radical (unpaired) electrons. The molecule has 0 aromatic heterocycles. The summed E-state index contributed by atoms with van der Waals surface area (Å²) in [7, 11) is 0. The average molecular weight is 200 g/mol. The first-order chi connectivity index (χ1) is 6.46. The van der Waals surface area contributed by atoms with Gasteiger partial charge in [-0.25, -0.2) is 5.84 Å². The van der Waals surface area contributed by atoms with E-state index in [1.165, 1.54) is 0 Å². The van der Waals surface area contributed by atoms with Crippen molar-refractivity contribution in [2.45, 2.75) is 39.7 Å². The van der Waals surface area contributed by atoms with Gasteiger partial charge in [0.1, 0.15) is 0 Å². The van der Waals surface area contributed by atoms with Gasteiger partial charge in [0.05, 0.1) is 12.0 Å². The number of carbonyl (C=O) groups excluding carboxylic acids is 1. The second-order valence-electron chi connectivity index (χ2n) is 4.91. The van der Waals surface area contributed by atoms with Crippen LogP contribution in [-0.4, -0.2) is 18.6 Å². The molecule has 4 heteroatoms. The van der Waals surface area contributed by atoms with Gasteiger partial charge in [0.25, 0.3) is 0 Å². The molecule has 1 aliphatic heterocycles. The summed E-state index contributed by atoms with van der Waals surface area (Å²) in [5.74, 6) is 4.94. The standard InChI is InChI=1S/C10H20N2O2/c1-10(2,3)8-7(9(13)12-11)5-4-6-14-8/h7-8H,4-6,11H2,1-3H3,(H,12,13). The molecule has 0 aromatic rings. The minimum Gasteiger partial charge on any atom is -0.377 e. The van der Waals surface area contributed by atoms with Gasteiger partial charge in [0.15, 0.2) is 0 Å².